The van der Waals surface area contributed by atoms with Gasteiger partial charge in [-0.1, -0.05) is 39.0 Å². The topological polar surface area (TPSA) is 40.5 Å². The molecule has 0 aromatic rings. The Morgan fingerprint density at radius 3 is 2.55 bits per heavy atom. The van der Waals surface area contributed by atoms with Gasteiger partial charge >= 0.3 is 0 Å². The van der Waals surface area contributed by atoms with Crippen LogP contribution in [-0.4, -0.2) is 21.9 Å². The van der Waals surface area contributed by atoms with E-state index >= 15 is 0 Å². The van der Waals surface area contributed by atoms with Gasteiger partial charge in [-0.15, -0.1) is 6.58 Å². The van der Waals surface area contributed by atoms with E-state index in [0.29, 0.717) is 18.3 Å². The van der Waals surface area contributed by atoms with Crippen molar-refractivity contribution in [3.63, 3.8) is 0 Å². The molecule has 0 spiro atoms. The van der Waals surface area contributed by atoms with Crippen molar-refractivity contribution in [2.75, 3.05) is 0 Å². The summed E-state index contributed by atoms with van der Waals surface area (Å²) in [7, 11) is 0. The third kappa shape index (κ3) is 3.19. The number of hydrogen-bond acceptors (Lipinski definition) is 2. The highest BCUT2D eigenvalue weighted by Crippen LogP contribution is 2.61. The van der Waals surface area contributed by atoms with Gasteiger partial charge in [0.05, 0.1) is 11.7 Å². The Labute approximate surface area is 136 Å². The lowest BCUT2D eigenvalue weighted by Crippen LogP contribution is -2.53. The van der Waals surface area contributed by atoms with Crippen LogP contribution in [0.1, 0.15) is 66.2 Å². The van der Waals surface area contributed by atoms with E-state index in [9.17, 15) is 10.2 Å². The van der Waals surface area contributed by atoms with Crippen molar-refractivity contribution in [3.8, 4) is 0 Å². The van der Waals surface area contributed by atoms with E-state index in [1.807, 2.05) is 6.92 Å². The molecule has 22 heavy (non-hydrogen) atoms. The summed E-state index contributed by atoms with van der Waals surface area (Å²) in [5, 5.41) is 20.7. The number of rotatable bonds is 4. The lowest BCUT2D eigenvalue weighted by atomic mass is 9.46. The summed E-state index contributed by atoms with van der Waals surface area (Å²) in [6, 6.07) is 0. The van der Waals surface area contributed by atoms with Crippen LogP contribution >= 0.6 is 0 Å². The SMILES string of the molecule is C=C[C@](C)(O)CC[C@@H]1C(=C)CC[C@@H]2C(C)(C)C[C@H](O)C[C@@]12C. The normalized spacial score (nSPS) is 40.6. The first-order valence-corrected chi connectivity index (χ1v) is 8.73. The predicted molar refractivity (Wildman–Crippen MR) is 92.5 cm³/mol. The van der Waals surface area contributed by atoms with Crippen molar-refractivity contribution in [1.82, 2.24) is 0 Å². The van der Waals surface area contributed by atoms with Crippen LogP contribution in [0.5, 0.6) is 0 Å². The average Bonchev–Trinajstić information content (AvgIpc) is 2.35. The molecule has 2 aliphatic carbocycles. The largest absolute Gasteiger partial charge is 0.393 e. The number of aliphatic hydroxyl groups excluding tert-OH is 1. The molecule has 0 aromatic heterocycles. The van der Waals surface area contributed by atoms with Gasteiger partial charge in [0.25, 0.3) is 0 Å². The van der Waals surface area contributed by atoms with Crippen LogP contribution in [0.15, 0.2) is 24.8 Å². The maximum atomic E-state index is 10.4. The first-order chi connectivity index (χ1) is 10.0. The second-order valence-electron chi connectivity index (χ2n) is 8.96. The molecule has 2 aliphatic rings. The molecule has 0 unspecified atom stereocenters. The van der Waals surface area contributed by atoms with E-state index in [1.54, 1.807) is 6.08 Å². The maximum Gasteiger partial charge on any atom is 0.0797 e. The molecular formula is C20H34O2. The Kier molecular flexibility index (Phi) is 4.68. The Hall–Kier alpha value is -0.600. The van der Waals surface area contributed by atoms with Crippen molar-refractivity contribution >= 4 is 0 Å². The Bertz CT molecular complexity index is 449. The van der Waals surface area contributed by atoms with Gasteiger partial charge in [0.1, 0.15) is 0 Å². The summed E-state index contributed by atoms with van der Waals surface area (Å²) < 4.78 is 0. The van der Waals surface area contributed by atoms with E-state index in [4.69, 9.17) is 0 Å². The van der Waals surface area contributed by atoms with E-state index in [1.165, 1.54) is 12.0 Å². The van der Waals surface area contributed by atoms with Gasteiger partial charge in [-0.05, 0) is 68.1 Å². The van der Waals surface area contributed by atoms with Crippen LogP contribution in [0.4, 0.5) is 0 Å². The van der Waals surface area contributed by atoms with Gasteiger partial charge in [-0.3, -0.25) is 0 Å². The van der Waals surface area contributed by atoms with Gasteiger partial charge in [-0.25, -0.2) is 0 Å². The minimum atomic E-state index is -0.813. The molecule has 5 atom stereocenters. The van der Waals surface area contributed by atoms with Gasteiger partial charge in [0, 0.05) is 0 Å². The molecule has 2 heteroatoms. The monoisotopic (exact) mass is 306 g/mol. The quantitative estimate of drug-likeness (QED) is 0.752. The van der Waals surface area contributed by atoms with Crippen molar-refractivity contribution < 1.29 is 10.2 Å². The predicted octanol–water partition coefficient (Wildman–Crippen LogP) is 4.47. The molecule has 0 aromatic carbocycles. The van der Waals surface area contributed by atoms with E-state index in [0.717, 1.165) is 25.7 Å². The zero-order valence-corrected chi connectivity index (χ0v) is 14.9. The summed E-state index contributed by atoms with van der Waals surface area (Å²) >= 11 is 0. The van der Waals surface area contributed by atoms with Crippen LogP contribution in [0, 0.1) is 22.7 Å². The zero-order chi connectivity index (χ0) is 16.8. The Balaban J connectivity index is 2.26. The fourth-order valence-corrected chi connectivity index (χ4v) is 5.51. The summed E-state index contributed by atoms with van der Waals surface area (Å²) in [6.07, 6.45) is 7.08. The second kappa shape index (κ2) is 5.79. The van der Waals surface area contributed by atoms with Crippen molar-refractivity contribution in [1.29, 1.82) is 0 Å². The lowest BCUT2D eigenvalue weighted by Gasteiger charge is -2.59. The molecule has 2 nitrogen and oxygen atoms in total. The van der Waals surface area contributed by atoms with Crippen molar-refractivity contribution in [2.24, 2.45) is 22.7 Å². The number of aliphatic hydroxyl groups is 2. The first-order valence-electron chi connectivity index (χ1n) is 8.73. The number of fused-ring (bicyclic) bond motifs is 1. The summed E-state index contributed by atoms with van der Waals surface area (Å²) in [5.41, 5.74) is 0.760. The molecule has 0 bridgehead atoms. The van der Waals surface area contributed by atoms with Crippen LogP contribution in [0.2, 0.25) is 0 Å². The fraction of sp³-hybridized carbons (Fsp3) is 0.800. The average molecular weight is 306 g/mol. The molecule has 126 valence electrons. The smallest absolute Gasteiger partial charge is 0.0797 e. The summed E-state index contributed by atoms with van der Waals surface area (Å²) in [6.45, 7) is 16.9. The molecule has 0 aliphatic heterocycles. The van der Waals surface area contributed by atoms with Crippen LogP contribution in [0.3, 0.4) is 0 Å². The Morgan fingerprint density at radius 2 is 1.95 bits per heavy atom. The minimum Gasteiger partial charge on any atom is -0.393 e. The Morgan fingerprint density at radius 1 is 1.32 bits per heavy atom. The van der Waals surface area contributed by atoms with E-state index in [2.05, 4.69) is 33.9 Å². The van der Waals surface area contributed by atoms with Gasteiger partial charge < -0.3 is 10.2 Å². The lowest BCUT2D eigenvalue weighted by molar-refractivity contribution is -0.108. The fourth-order valence-electron chi connectivity index (χ4n) is 5.51. The van der Waals surface area contributed by atoms with Crippen LogP contribution < -0.4 is 0 Å². The van der Waals surface area contributed by atoms with E-state index < -0.39 is 5.60 Å². The maximum absolute atomic E-state index is 10.4. The van der Waals surface area contributed by atoms with Crippen molar-refractivity contribution in [2.45, 2.75) is 77.9 Å². The summed E-state index contributed by atoms with van der Waals surface area (Å²) in [5.74, 6) is 1.000. The van der Waals surface area contributed by atoms with E-state index in [-0.39, 0.29) is 16.9 Å². The molecule has 0 heterocycles. The molecule has 0 amide bonds. The second-order valence-corrected chi connectivity index (χ2v) is 8.96. The van der Waals surface area contributed by atoms with Crippen LogP contribution in [0.25, 0.3) is 0 Å². The first kappa shape index (κ1) is 17.7. The van der Waals surface area contributed by atoms with Gasteiger partial charge in [-0.2, -0.15) is 0 Å². The van der Waals surface area contributed by atoms with Gasteiger partial charge in [0.15, 0.2) is 0 Å². The third-order valence-corrected chi connectivity index (χ3v) is 6.60. The summed E-state index contributed by atoms with van der Waals surface area (Å²) in [4.78, 5) is 0. The minimum absolute atomic E-state index is 0.0910. The molecule has 0 saturated heterocycles. The van der Waals surface area contributed by atoms with Crippen LogP contribution in [-0.2, 0) is 0 Å². The molecule has 2 N–H and O–H groups in total. The third-order valence-electron chi connectivity index (χ3n) is 6.60. The molecule has 2 fully saturated rings. The highest BCUT2D eigenvalue weighted by atomic mass is 16.3. The standard InChI is InChI=1S/C20H34O2/c1-7-19(5,22)11-10-16-14(2)8-9-17-18(3,4)12-15(21)13-20(16,17)6/h7,15-17,21-22H,1-2,8-13H2,3-6H3/t15-,16+,17+,19-,20-/m0/s1. The highest BCUT2D eigenvalue weighted by Gasteiger charge is 2.54. The number of hydrogen-bond donors (Lipinski definition) is 2. The van der Waals surface area contributed by atoms with Gasteiger partial charge in [0.2, 0.25) is 0 Å². The molecule has 2 rings (SSSR count). The zero-order valence-electron chi connectivity index (χ0n) is 14.9. The highest BCUT2D eigenvalue weighted by molar-refractivity contribution is 5.17. The molecule has 0 radical (unpaired) electrons. The molecular weight excluding hydrogens is 272 g/mol. The van der Waals surface area contributed by atoms with Crippen molar-refractivity contribution in [3.05, 3.63) is 24.8 Å². The molecule has 2 saturated carbocycles. The number of allylic oxidation sites excluding steroid dienone is 1.